The quantitative estimate of drug-likeness (QED) is 0.179. The van der Waals surface area contributed by atoms with Gasteiger partial charge in [-0.1, -0.05) is 97.1 Å². The van der Waals surface area contributed by atoms with E-state index in [2.05, 4.69) is 156 Å². The minimum absolute atomic E-state index is 0.955. The van der Waals surface area contributed by atoms with Gasteiger partial charge in [0.25, 0.3) is 0 Å². The van der Waals surface area contributed by atoms with Gasteiger partial charge in [0, 0.05) is 73.1 Å². The third kappa shape index (κ3) is 3.44. The average molecular weight is 696 g/mol. The lowest BCUT2D eigenvalue weighted by Gasteiger charge is -2.10. The molecule has 0 amide bonds. The number of thiophene rings is 2. The second-order valence-corrected chi connectivity index (χ2v) is 16.1. The summed E-state index contributed by atoms with van der Waals surface area (Å²) >= 11 is 3.85. The Morgan fingerprint density at radius 2 is 0.865 bits per heavy atom. The minimum Gasteiger partial charge on any atom is -0.456 e. The predicted molar refractivity (Wildman–Crippen MR) is 224 cm³/mol. The van der Waals surface area contributed by atoms with Crippen molar-refractivity contribution in [2.45, 2.75) is 0 Å². The van der Waals surface area contributed by atoms with E-state index in [0.717, 1.165) is 11.2 Å². The molecule has 0 radical (unpaired) electrons. The largest absolute Gasteiger partial charge is 0.456 e. The maximum atomic E-state index is 6.71. The van der Waals surface area contributed by atoms with Gasteiger partial charge < -0.3 is 8.98 Å². The van der Waals surface area contributed by atoms with Crippen molar-refractivity contribution in [3.05, 3.63) is 152 Å². The van der Waals surface area contributed by atoms with Crippen LogP contribution in [-0.2, 0) is 0 Å². The van der Waals surface area contributed by atoms with Gasteiger partial charge in [0.1, 0.15) is 11.2 Å². The van der Waals surface area contributed by atoms with Gasteiger partial charge in [0.2, 0.25) is 0 Å². The van der Waals surface area contributed by atoms with Crippen molar-refractivity contribution < 1.29 is 4.42 Å². The number of nitrogens with zero attached hydrogens (tertiary/aromatic N) is 1. The van der Waals surface area contributed by atoms with Crippen LogP contribution in [0.25, 0.3) is 123 Å². The van der Waals surface area contributed by atoms with Crippen molar-refractivity contribution >= 4 is 107 Å². The lowest BCUT2D eigenvalue weighted by Crippen LogP contribution is -1.92. The molecule has 0 aliphatic rings. The molecule has 4 aromatic heterocycles. The van der Waals surface area contributed by atoms with Crippen LogP contribution in [0.4, 0.5) is 0 Å². The van der Waals surface area contributed by atoms with E-state index in [9.17, 15) is 0 Å². The summed E-state index contributed by atoms with van der Waals surface area (Å²) < 4.78 is 14.5. The van der Waals surface area contributed by atoms with Crippen LogP contribution in [0.15, 0.2) is 156 Å². The van der Waals surface area contributed by atoms with Gasteiger partial charge in [-0.25, -0.2) is 0 Å². The number of hydrogen-bond acceptors (Lipinski definition) is 3. The Hall–Kier alpha value is -6.20. The monoisotopic (exact) mass is 695 g/mol. The smallest absolute Gasteiger partial charge is 0.136 e. The van der Waals surface area contributed by atoms with E-state index in [0.29, 0.717) is 0 Å². The maximum Gasteiger partial charge on any atom is 0.136 e. The summed E-state index contributed by atoms with van der Waals surface area (Å²) in [6.45, 7) is 0. The standard InChI is InChI=1S/C48H25NOS2/c1-3-7-26(8-4-1)27-11-13-28(14-12-27)29-15-17-30(18-16-29)32-25-39-46-44-37(51-39)23-20-34-41(44)40-33(49(34)31-9-5-2-6-10-31)19-21-35-42(40)43-36(50-35)22-24-38-45(43)47(46)48(32)52-38/h1-25H. The lowest BCUT2D eigenvalue weighted by atomic mass is 9.92. The molecular weight excluding hydrogens is 671 g/mol. The van der Waals surface area contributed by atoms with Crippen LogP contribution in [0.3, 0.4) is 0 Å². The van der Waals surface area contributed by atoms with Gasteiger partial charge in [-0.2, -0.15) is 0 Å². The molecule has 0 saturated carbocycles. The normalized spacial score (nSPS) is 12.6. The summed E-state index contributed by atoms with van der Waals surface area (Å²) in [6.07, 6.45) is 0. The van der Waals surface area contributed by atoms with Crippen LogP contribution in [0.2, 0.25) is 0 Å². The number of aromatic nitrogens is 1. The zero-order valence-electron chi connectivity index (χ0n) is 27.6. The summed E-state index contributed by atoms with van der Waals surface area (Å²) in [7, 11) is 0. The van der Waals surface area contributed by atoms with Crippen molar-refractivity contribution in [2.24, 2.45) is 0 Å². The number of para-hydroxylation sites is 1. The number of furan rings is 1. The molecule has 0 aliphatic carbocycles. The Balaban J connectivity index is 1.10. The van der Waals surface area contributed by atoms with Gasteiger partial charge in [-0.05, 0) is 82.4 Å². The fourth-order valence-corrected chi connectivity index (χ4v) is 11.5. The van der Waals surface area contributed by atoms with Crippen molar-refractivity contribution in [1.82, 2.24) is 4.57 Å². The highest BCUT2D eigenvalue weighted by molar-refractivity contribution is 7.28. The van der Waals surface area contributed by atoms with Crippen LogP contribution in [0.5, 0.6) is 0 Å². The fraction of sp³-hybridized carbons (Fsp3) is 0. The SMILES string of the molecule is c1ccc(-c2ccc(-c3ccc(-c4cc5sc6ccc7c8c6c5c5c4sc4ccc6oc9ccc(c8c9c6c45)n7-c4ccccc4)cc3)cc2)cc1. The lowest BCUT2D eigenvalue weighted by molar-refractivity contribution is 0.669. The summed E-state index contributed by atoms with van der Waals surface area (Å²) in [5.41, 5.74) is 13.0. The van der Waals surface area contributed by atoms with E-state index in [1.54, 1.807) is 0 Å². The first-order valence-corrected chi connectivity index (χ1v) is 19.3. The molecule has 0 bridgehead atoms. The van der Waals surface area contributed by atoms with E-state index in [1.165, 1.54) is 112 Å². The zero-order chi connectivity index (χ0) is 33.7. The highest BCUT2D eigenvalue weighted by Crippen LogP contribution is 2.56. The first-order valence-electron chi connectivity index (χ1n) is 17.7. The van der Waals surface area contributed by atoms with Crippen molar-refractivity contribution in [3.63, 3.8) is 0 Å². The first kappa shape index (κ1) is 27.5. The molecule has 13 rings (SSSR count). The molecular formula is C48H25NOS2. The number of hydrogen-bond donors (Lipinski definition) is 0. The molecule has 0 spiro atoms. The number of rotatable bonds is 4. The average Bonchev–Trinajstić information content (AvgIpc) is 3.95. The van der Waals surface area contributed by atoms with E-state index < -0.39 is 0 Å². The molecule has 52 heavy (non-hydrogen) atoms. The molecule has 0 unspecified atom stereocenters. The van der Waals surface area contributed by atoms with Gasteiger partial charge in [-0.3, -0.25) is 0 Å². The summed E-state index contributed by atoms with van der Waals surface area (Å²) in [6, 6.07) is 55.6. The van der Waals surface area contributed by atoms with Crippen molar-refractivity contribution in [3.8, 4) is 39.1 Å². The highest BCUT2D eigenvalue weighted by Gasteiger charge is 2.28. The molecule has 9 aromatic carbocycles. The zero-order valence-corrected chi connectivity index (χ0v) is 29.2. The summed E-state index contributed by atoms with van der Waals surface area (Å²) in [4.78, 5) is 0. The van der Waals surface area contributed by atoms with Crippen LogP contribution in [-0.4, -0.2) is 4.57 Å². The molecule has 0 saturated heterocycles. The Morgan fingerprint density at radius 3 is 1.58 bits per heavy atom. The highest BCUT2D eigenvalue weighted by atomic mass is 32.1. The third-order valence-corrected chi connectivity index (χ3v) is 13.6. The maximum absolute atomic E-state index is 6.71. The summed E-state index contributed by atoms with van der Waals surface area (Å²) in [5.74, 6) is 0. The molecule has 0 N–H and O–H groups in total. The molecule has 13 aromatic rings. The van der Waals surface area contributed by atoms with Crippen LogP contribution < -0.4 is 0 Å². The van der Waals surface area contributed by atoms with E-state index in [4.69, 9.17) is 4.42 Å². The Labute approximate surface area is 305 Å². The molecule has 0 fully saturated rings. The molecule has 4 heterocycles. The van der Waals surface area contributed by atoms with Gasteiger partial charge in [0.15, 0.2) is 0 Å². The Morgan fingerprint density at radius 1 is 0.365 bits per heavy atom. The molecule has 2 nitrogen and oxygen atoms in total. The molecule has 240 valence electrons. The Kier molecular flexibility index (Phi) is 5.17. The van der Waals surface area contributed by atoms with Crippen LogP contribution >= 0.6 is 22.7 Å². The first-order chi connectivity index (χ1) is 25.8. The van der Waals surface area contributed by atoms with E-state index in [-0.39, 0.29) is 0 Å². The predicted octanol–water partition coefficient (Wildman–Crippen LogP) is 14.7. The van der Waals surface area contributed by atoms with Crippen molar-refractivity contribution in [1.29, 1.82) is 0 Å². The summed E-state index contributed by atoms with van der Waals surface area (Å²) in [5, 5.41) is 10.6. The topological polar surface area (TPSA) is 18.1 Å². The van der Waals surface area contributed by atoms with E-state index >= 15 is 0 Å². The molecule has 0 atom stereocenters. The second-order valence-electron chi connectivity index (χ2n) is 14.0. The van der Waals surface area contributed by atoms with E-state index in [1.807, 2.05) is 22.7 Å². The molecule has 4 heteroatoms. The Bertz CT molecular complexity index is 3470. The van der Waals surface area contributed by atoms with Gasteiger partial charge in [0.05, 0.1) is 11.0 Å². The van der Waals surface area contributed by atoms with Crippen LogP contribution in [0, 0.1) is 0 Å². The third-order valence-electron chi connectivity index (χ3n) is 11.3. The molecule has 0 aliphatic heterocycles. The van der Waals surface area contributed by atoms with Crippen molar-refractivity contribution in [2.75, 3.05) is 0 Å². The van der Waals surface area contributed by atoms with Gasteiger partial charge >= 0.3 is 0 Å². The van der Waals surface area contributed by atoms with Gasteiger partial charge in [-0.15, -0.1) is 22.7 Å². The minimum atomic E-state index is 0.955. The number of benzene rings is 8. The van der Waals surface area contributed by atoms with Crippen LogP contribution in [0.1, 0.15) is 0 Å². The fourth-order valence-electron chi connectivity index (χ4n) is 9.11. The second kappa shape index (κ2) is 9.77.